The third-order valence-electron chi connectivity index (χ3n) is 4.62. The number of carbonyl (C=O) groups is 2. The summed E-state index contributed by atoms with van der Waals surface area (Å²) in [5, 5.41) is 2.72. The summed E-state index contributed by atoms with van der Waals surface area (Å²) in [4.78, 5) is 25.9. The highest BCUT2D eigenvalue weighted by molar-refractivity contribution is 7.90. The quantitative estimate of drug-likeness (QED) is 0.841. The van der Waals surface area contributed by atoms with Crippen LogP contribution in [0.2, 0.25) is 0 Å². The molecule has 0 atom stereocenters. The molecule has 3 rings (SSSR count). The minimum absolute atomic E-state index is 0.0426. The van der Waals surface area contributed by atoms with Crippen LogP contribution in [0.3, 0.4) is 0 Å². The Kier molecular flexibility index (Phi) is 4.93. The van der Waals surface area contributed by atoms with E-state index in [1.54, 1.807) is 30.0 Å². The maximum atomic E-state index is 12.5. The van der Waals surface area contributed by atoms with Gasteiger partial charge in [-0.2, -0.15) is 0 Å². The zero-order chi connectivity index (χ0) is 19.8. The summed E-state index contributed by atoms with van der Waals surface area (Å²) in [7, 11) is -3.97. The van der Waals surface area contributed by atoms with Crippen LogP contribution in [0.25, 0.3) is 0 Å². The number of carbonyl (C=O) groups excluding carboxylic acids is 2. The molecule has 27 heavy (non-hydrogen) atoms. The molecule has 1 aliphatic rings. The van der Waals surface area contributed by atoms with Crippen molar-refractivity contribution in [2.24, 2.45) is 0 Å². The van der Waals surface area contributed by atoms with Gasteiger partial charge in [0.2, 0.25) is 0 Å². The van der Waals surface area contributed by atoms with Crippen LogP contribution in [0.5, 0.6) is 0 Å². The standard InChI is InChI=1S/C19H21N3O4S/c1-12-4-6-16(11-13(12)2)27(25,26)21-18(23)15-5-7-17(14(3)10-15)22-9-8-20-19(22)24/h4-7,10-11H,8-9H2,1-3H3,(H,20,24)(H,21,23). The summed E-state index contributed by atoms with van der Waals surface area (Å²) < 4.78 is 27.1. The molecule has 0 aliphatic carbocycles. The first-order valence-corrected chi connectivity index (χ1v) is 9.98. The van der Waals surface area contributed by atoms with E-state index in [4.69, 9.17) is 0 Å². The number of hydrogen-bond donors (Lipinski definition) is 2. The fraction of sp³-hybridized carbons (Fsp3) is 0.263. The van der Waals surface area contributed by atoms with Crippen molar-refractivity contribution < 1.29 is 18.0 Å². The van der Waals surface area contributed by atoms with Crippen molar-refractivity contribution in [2.45, 2.75) is 25.7 Å². The van der Waals surface area contributed by atoms with E-state index in [1.165, 1.54) is 18.2 Å². The molecular weight excluding hydrogens is 366 g/mol. The Morgan fingerprint density at radius 1 is 1.04 bits per heavy atom. The highest BCUT2D eigenvalue weighted by Crippen LogP contribution is 2.23. The number of sulfonamides is 1. The smallest absolute Gasteiger partial charge is 0.322 e. The fourth-order valence-electron chi connectivity index (χ4n) is 2.92. The number of amides is 3. The van der Waals surface area contributed by atoms with E-state index in [-0.39, 0.29) is 16.5 Å². The molecule has 1 saturated heterocycles. The summed E-state index contributed by atoms with van der Waals surface area (Å²) in [5.74, 6) is -0.714. The molecule has 1 fully saturated rings. The Bertz CT molecular complexity index is 1030. The highest BCUT2D eigenvalue weighted by atomic mass is 32.2. The van der Waals surface area contributed by atoms with E-state index in [0.29, 0.717) is 24.3 Å². The van der Waals surface area contributed by atoms with Crippen LogP contribution >= 0.6 is 0 Å². The van der Waals surface area contributed by atoms with Gasteiger partial charge in [-0.05, 0) is 67.8 Å². The molecule has 3 amide bonds. The average molecular weight is 387 g/mol. The van der Waals surface area contributed by atoms with Gasteiger partial charge in [-0.1, -0.05) is 6.07 Å². The Labute approximate surface area is 158 Å². The van der Waals surface area contributed by atoms with Gasteiger partial charge in [0.15, 0.2) is 0 Å². The Hall–Kier alpha value is -2.87. The minimum atomic E-state index is -3.97. The summed E-state index contributed by atoms with van der Waals surface area (Å²) in [6.07, 6.45) is 0. The van der Waals surface area contributed by atoms with Crippen LogP contribution < -0.4 is 14.9 Å². The fourth-order valence-corrected chi connectivity index (χ4v) is 3.98. The van der Waals surface area contributed by atoms with Crippen molar-refractivity contribution in [3.63, 3.8) is 0 Å². The monoisotopic (exact) mass is 387 g/mol. The average Bonchev–Trinajstić information content (AvgIpc) is 3.02. The van der Waals surface area contributed by atoms with Gasteiger partial charge in [0.1, 0.15) is 0 Å². The van der Waals surface area contributed by atoms with Crippen molar-refractivity contribution >= 4 is 27.6 Å². The van der Waals surface area contributed by atoms with E-state index in [2.05, 4.69) is 10.0 Å². The van der Waals surface area contributed by atoms with Crippen LogP contribution in [-0.2, 0) is 10.0 Å². The predicted octanol–water partition coefficient (Wildman–Crippen LogP) is 2.26. The second-order valence-electron chi connectivity index (χ2n) is 6.57. The second kappa shape index (κ2) is 7.03. The molecule has 0 spiro atoms. The second-order valence-corrected chi connectivity index (χ2v) is 8.25. The molecule has 2 aromatic carbocycles. The maximum absolute atomic E-state index is 12.5. The Balaban J connectivity index is 1.82. The SMILES string of the molecule is Cc1ccc(S(=O)(=O)NC(=O)c2ccc(N3CCNC3=O)c(C)c2)cc1C. The highest BCUT2D eigenvalue weighted by Gasteiger charge is 2.24. The normalized spacial score (nSPS) is 14.2. The van der Waals surface area contributed by atoms with Crippen molar-refractivity contribution in [1.29, 1.82) is 0 Å². The van der Waals surface area contributed by atoms with E-state index in [0.717, 1.165) is 11.1 Å². The number of rotatable bonds is 4. The number of benzene rings is 2. The van der Waals surface area contributed by atoms with Gasteiger partial charge in [0.05, 0.1) is 4.90 Å². The zero-order valence-corrected chi connectivity index (χ0v) is 16.2. The topological polar surface area (TPSA) is 95.6 Å². The first-order valence-electron chi connectivity index (χ1n) is 8.49. The summed E-state index contributed by atoms with van der Waals surface area (Å²) in [5.41, 5.74) is 3.41. The Morgan fingerprint density at radius 3 is 2.37 bits per heavy atom. The third kappa shape index (κ3) is 3.80. The van der Waals surface area contributed by atoms with Gasteiger partial charge in [-0.15, -0.1) is 0 Å². The van der Waals surface area contributed by atoms with Crippen LogP contribution in [0, 0.1) is 20.8 Å². The summed E-state index contributed by atoms with van der Waals surface area (Å²) in [6.45, 7) is 6.58. The maximum Gasteiger partial charge on any atom is 0.322 e. The molecular formula is C19H21N3O4S. The predicted molar refractivity (Wildman–Crippen MR) is 102 cm³/mol. The molecule has 0 bridgehead atoms. The lowest BCUT2D eigenvalue weighted by atomic mass is 10.1. The van der Waals surface area contributed by atoms with Crippen molar-refractivity contribution in [2.75, 3.05) is 18.0 Å². The van der Waals surface area contributed by atoms with Crippen molar-refractivity contribution in [1.82, 2.24) is 10.0 Å². The number of urea groups is 1. The summed E-state index contributed by atoms with van der Waals surface area (Å²) >= 11 is 0. The van der Waals surface area contributed by atoms with E-state index >= 15 is 0 Å². The van der Waals surface area contributed by atoms with Crippen molar-refractivity contribution in [3.05, 3.63) is 58.7 Å². The van der Waals surface area contributed by atoms with E-state index in [1.807, 2.05) is 13.8 Å². The van der Waals surface area contributed by atoms with Gasteiger partial charge in [0.25, 0.3) is 15.9 Å². The lowest BCUT2D eigenvalue weighted by Crippen LogP contribution is -2.31. The lowest BCUT2D eigenvalue weighted by Gasteiger charge is -2.17. The first-order chi connectivity index (χ1) is 12.7. The van der Waals surface area contributed by atoms with Crippen LogP contribution in [-0.4, -0.2) is 33.4 Å². The van der Waals surface area contributed by atoms with Gasteiger partial charge in [0, 0.05) is 24.3 Å². The largest absolute Gasteiger partial charge is 0.336 e. The molecule has 7 nitrogen and oxygen atoms in total. The Morgan fingerprint density at radius 2 is 1.78 bits per heavy atom. The lowest BCUT2D eigenvalue weighted by molar-refractivity contribution is 0.0981. The van der Waals surface area contributed by atoms with E-state index < -0.39 is 15.9 Å². The molecule has 142 valence electrons. The van der Waals surface area contributed by atoms with E-state index in [9.17, 15) is 18.0 Å². The molecule has 1 heterocycles. The molecule has 0 saturated carbocycles. The molecule has 0 aromatic heterocycles. The first kappa shape index (κ1) is 18.9. The molecule has 2 aromatic rings. The van der Waals surface area contributed by atoms with Crippen molar-refractivity contribution in [3.8, 4) is 0 Å². The molecule has 8 heteroatoms. The van der Waals surface area contributed by atoms with Gasteiger partial charge >= 0.3 is 6.03 Å². The number of aryl methyl sites for hydroxylation is 3. The number of anilines is 1. The van der Waals surface area contributed by atoms with Crippen LogP contribution in [0.1, 0.15) is 27.0 Å². The van der Waals surface area contributed by atoms with Gasteiger partial charge in [-0.3, -0.25) is 9.69 Å². The third-order valence-corrected chi connectivity index (χ3v) is 5.95. The molecule has 0 radical (unpaired) electrons. The van der Waals surface area contributed by atoms with Crippen LogP contribution in [0.4, 0.5) is 10.5 Å². The number of nitrogens with zero attached hydrogens (tertiary/aromatic N) is 1. The molecule has 1 aliphatic heterocycles. The summed E-state index contributed by atoms with van der Waals surface area (Å²) in [6, 6.07) is 9.26. The zero-order valence-electron chi connectivity index (χ0n) is 15.4. The molecule has 2 N–H and O–H groups in total. The van der Waals surface area contributed by atoms with Gasteiger partial charge in [-0.25, -0.2) is 17.9 Å². The molecule has 0 unspecified atom stereocenters. The van der Waals surface area contributed by atoms with Gasteiger partial charge < -0.3 is 5.32 Å². The van der Waals surface area contributed by atoms with Crippen LogP contribution in [0.15, 0.2) is 41.3 Å². The number of nitrogens with one attached hydrogen (secondary N) is 2. The minimum Gasteiger partial charge on any atom is -0.336 e. The number of hydrogen-bond acceptors (Lipinski definition) is 4.